The van der Waals surface area contributed by atoms with Crippen molar-refractivity contribution >= 4 is 5.69 Å². The minimum absolute atomic E-state index is 0.0131. The fourth-order valence-corrected chi connectivity index (χ4v) is 2.52. The number of aromatic nitrogens is 2. The Morgan fingerprint density at radius 1 is 1.44 bits per heavy atom. The minimum atomic E-state index is -0.0131. The zero-order chi connectivity index (χ0) is 13.1. The summed E-state index contributed by atoms with van der Waals surface area (Å²) < 4.78 is 0. The lowest BCUT2D eigenvalue weighted by Gasteiger charge is -2.36. The molecule has 1 aliphatic rings. The molecule has 100 valence electrons. The van der Waals surface area contributed by atoms with Gasteiger partial charge in [0, 0.05) is 18.5 Å². The van der Waals surface area contributed by atoms with Crippen molar-refractivity contribution in [2.45, 2.75) is 58.6 Å². The number of anilines is 1. The molecule has 0 aromatic carbocycles. The first-order valence-corrected chi connectivity index (χ1v) is 6.86. The monoisotopic (exact) mass is 249 g/mol. The summed E-state index contributed by atoms with van der Waals surface area (Å²) in [5.74, 6) is 1.11. The molecule has 1 saturated heterocycles. The summed E-state index contributed by atoms with van der Waals surface area (Å²) in [5, 5.41) is 9.52. The standard InChI is InChI=1S/C14H23N3O/c1-10(2)14-15-8-13(12(9-18)16-14)17-7-5-4-6-11(17)3/h8,10-11,18H,4-7,9H2,1-3H3. The number of aliphatic hydroxyl groups excluding tert-OH is 1. The molecule has 0 aliphatic carbocycles. The summed E-state index contributed by atoms with van der Waals surface area (Å²) in [7, 11) is 0. The first-order chi connectivity index (χ1) is 8.63. The van der Waals surface area contributed by atoms with Gasteiger partial charge < -0.3 is 10.0 Å². The molecule has 0 spiro atoms. The largest absolute Gasteiger partial charge is 0.390 e. The molecule has 1 aromatic rings. The SMILES string of the molecule is CC(C)c1ncc(N2CCCCC2C)c(CO)n1. The van der Waals surface area contributed by atoms with E-state index in [1.807, 2.05) is 6.20 Å². The number of hydrogen-bond donors (Lipinski definition) is 1. The van der Waals surface area contributed by atoms with E-state index in [9.17, 15) is 5.11 Å². The molecule has 1 N–H and O–H groups in total. The van der Waals surface area contributed by atoms with Gasteiger partial charge in [0.25, 0.3) is 0 Å². The number of rotatable bonds is 3. The predicted octanol–water partition coefficient (Wildman–Crippen LogP) is 2.47. The quantitative estimate of drug-likeness (QED) is 0.894. The summed E-state index contributed by atoms with van der Waals surface area (Å²) in [5.41, 5.74) is 1.77. The summed E-state index contributed by atoms with van der Waals surface area (Å²) >= 11 is 0. The van der Waals surface area contributed by atoms with Crippen LogP contribution in [-0.4, -0.2) is 27.7 Å². The molecule has 2 heterocycles. The Hall–Kier alpha value is -1.16. The van der Waals surface area contributed by atoms with Gasteiger partial charge in [0.1, 0.15) is 5.82 Å². The van der Waals surface area contributed by atoms with Crippen molar-refractivity contribution in [2.24, 2.45) is 0 Å². The smallest absolute Gasteiger partial charge is 0.131 e. The van der Waals surface area contributed by atoms with Gasteiger partial charge in [-0.3, -0.25) is 0 Å². The molecule has 0 bridgehead atoms. The van der Waals surface area contributed by atoms with E-state index in [0.29, 0.717) is 12.0 Å². The highest BCUT2D eigenvalue weighted by atomic mass is 16.3. The molecule has 0 radical (unpaired) electrons. The molecular formula is C14H23N3O. The highest BCUT2D eigenvalue weighted by Crippen LogP contribution is 2.27. The third-order valence-corrected chi connectivity index (χ3v) is 3.64. The van der Waals surface area contributed by atoms with Gasteiger partial charge in [-0.15, -0.1) is 0 Å². The van der Waals surface area contributed by atoms with E-state index in [1.165, 1.54) is 19.3 Å². The van der Waals surface area contributed by atoms with Crippen LogP contribution in [0.25, 0.3) is 0 Å². The Bertz CT molecular complexity index is 406. The lowest BCUT2D eigenvalue weighted by atomic mass is 10.0. The molecule has 1 aromatic heterocycles. The minimum Gasteiger partial charge on any atom is -0.390 e. The van der Waals surface area contributed by atoms with Gasteiger partial charge in [-0.05, 0) is 26.2 Å². The third-order valence-electron chi connectivity index (χ3n) is 3.64. The lowest BCUT2D eigenvalue weighted by Crippen LogP contribution is -2.38. The maximum atomic E-state index is 9.52. The van der Waals surface area contributed by atoms with Crippen LogP contribution in [0.2, 0.25) is 0 Å². The molecule has 2 rings (SSSR count). The molecule has 0 saturated carbocycles. The molecule has 1 aliphatic heterocycles. The second-order valence-corrected chi connectivity index (χ2v) is 5.41. The molecule has 1 fully saturated rings. The van der Waals surface area contributed by atoms with Crippen molar-refractivity contribution in [2.75, 3.05) is 11.4 Å². The molecule has 4 heteroatoms. The Labute approximate surface area is 109 Å². The molecule has 4 nitrogen and oxygen atoms in total. The zero-order valence-electron chi connectivity index (χ0n) is 11.6. The van der Waals surface area contributed by atoms with Crippen LogP contribution in [0.15, 0.2) is 6.20 Å². The fraction of sp³-hybridized carbons (Fsp3) is 0.714. The van der Waals surface area contributed by atoms with Crippen molar-refractivity contribution in [3.05, 3.63) is 17.7 Å². The van der Waals surface area contributed by atoms with Crippen molar-refractivity contribution in [1.29, 1.82) is 0 Å². The van der Waals surface area contributed by atoms with Gasteiger partial charge >= 0.3 is 0 Å². The molecule has 0 amide bonds. The van der Waals surface area contributed by atoms with Gasteiger partial charge in [0.05, 0.1) is 24.2 Å². The lowest BCUT2D eigenvalue weighted by molar-refractivity contribution is 0.275. The van der Waals surface area contributed by atoms with Crippen molar-refractivity contribution in [1.82, 2.24) is 9.97 Å². The van der Waals surface area contributed by atoms with Crippen molar-refractivity contribution in [3.63, 3.8) is 0 Å². The Balaban J connectivity index is 2.31. The first-order valence-electron chi connectivity index (χ1n) is 6.86. The van der Waals surface area contributed by atoms with Gasteiger partial charge in [0.15, 0.2) is 0 Å². The maximum Gasteiger partial charge on any atom is 0.131 e. The molecule has 1 atom stereocenters. The van der Waals surface area contributed by atoms with E-state index in [0.717, 1.165) is 23.8 Å². The predicted molar refractivity (Wildman–Crippen MR) is 72.7 cm³/mol. The topological polar surface area (TPSA) is 49.2 Å². The summed E-state index contributed by atoms with van der Waals surface area (Å²) in [6.45, 7) is 7.40. The summed E-state index contributed by atoms with van der Waals surface area (Å²) in [6, 6.07) is 0.512. The van der Waals surface area contributed by atoms with Crippen LogP contribution in [0.4, 0.5) is 5.69 Å². The van der Waals surface area contributed by atoms with Crippen LogP contribution in [0, 0.1) is 0 Å². The van der Waals surface area contributed by atoms with Crippen LogP contribution >= 0.6 is 0 Å². The molecular weight excluding hydrogens is 226 g/mol. The van der Waals surface area contributed by atoms with E-state index in [-0.39, 0.29) is 6.61 Å². The second kappa shape index (κ2) is 5.65. The van der Waals surface area contributed by atoms with Crippen LogP contribution in [0.3, 0.4) is 0 Å². The van der Waals surface area contributed by atoms with Crippen LogP contribution in [-0.2, 0) is 6.61 Å². The third kappa shape index (κ3) is 2.64. The van der Waals surface area contributed by atoms with E-state index in [2.05, 4.69) is 35.6 Å². The van der Waals surface area contributed by atoms with E-state index >= 15 is 0 Å². The van der Waals surface area contributed by atoms with Crippen LogP contribution < -0.4 is 4.90 Å². The Morgan fingerprint density at radius 3 is 2.83 bits per heavy atom. The van der Waals surface area contributed by atoms with Gasteiger partial charge in [0.2, 0.25) is 0 Å². The number of hydrogen-bond acceptors (Lipinski definition) is 4. The summed E-state index contributed by atoms with van der Waals surface area (Å²) in [4.78, 5) is 11.3. The number of aliphatic hydroxyl groups is 1. The highest BCUT2D eigenvalue weighted by molar-refractivity contribution is 5.50. The number of nitrogens with zero attached hydrogens (tertiary/aromatic N) is 3. The molecule has 18 heavy (non-hydrogen) atoms. The molecule has 1 unspecified atom stereocenters. The Kier molecular flexibility index (Phi) is 4.17. The normalized spacial score (nSPS) is 20.5. The van der Waals surface area contributed by atoms with Gasteiger partial charge in [-0.1, -0.05) is 13.8 Å². The van der Waals surface area contributed by atoms with Crippen LogP contribution in [0.1, 0.15) is 57.5 Å². The highest BCUT2D eigenvalue weighted by Gasteiger charge is 2.22. The second-order valence-electron chi connectivity index (χ2n) is 5.41. The fourth-order valence-electron chi connectivity index (χ4n) is 2.52. The van der Waals surface area contributed by atoms with Crippen LogP contribution in [0.5, 0.6) is 0 Å². The Morgan fingerprint density at radius 2 is 2.22 bits per heavy atom. The average Bonchev–Trinajstić information content (AvgIpc) is 2.38. The van der Waals surface area contributed by atoms with E-state index in [1.54, 1.807) is 0 Å². The maximum absolute atomic E-state index is 9.52. The van der Waals surface area contributed by atoms with E-state index in [4.69, 9.17) is 0 Å². The first kappa shape index (κ1) is 13.3. The van der Waals surface area contributed by atoms with Crippen molar-refractivity contribution < 1.29 is 5.11 Å². The number of piperidine rings is 1. The van der Waals surface area contributed by atoms with Crippen molar-refractivity contribution in [3.8, 4) is 0 Å². The summed E-state index contributed by atoms with van der Waals surface area (Å²) in [6.07, 6.45) is 5.59. The van der Waals surface area contributed by atoms with Gasteiger partial charge in [-0.25, -0.2) is 9.97 Å². The zero-order valence-corrected chi connectivity index (χ0v) is 11.6. The van der Waals surface area contributed by atoms with Gasteiger partial charge in [-0.2, -0.15) is 0 Å². The average molecular weight is 249 g/mol. The van der Waals surface area contributed by atoms with E-state index < -0.39 is 0 Å².